The predicted molar refractivity (Wildman–Crippen MR) is 65.3 cm³/mol. The van der Waals surface area contributed by atoms with Crippen LogP contribution < -0.4 is 5.48 Å². The summed E-state index contributed by atoms with van der Waals surface area (Å²) in [4.78, 5) is 0. The van der Waals surface area contributed by atoms with Crippen molar-refractivity contribution in [2.45, 2.75) is 31.7 Å². The highest BCUT2D eigenvalue weighted by molar-refractivity contribution is 5.87. The molecule has 4 heteroatoms. The maximum atomic E-state index is 9.36. The van der Waals surface area contributed by atoms with E-state index >= 15 is 0 Å². The second-order valence-corrected chi connectivity index (χ2v) is 4.46. The lowest BCUT2D eigenvalue weighted by atomic mass is 9.80. The Balaban J connectivity index is 2.23. The Morgan fingerprint density at radius 3 is 2.65 bits per heavy atom. The van der Waals surface area contributed by atoms with Gasteiger partial charge in [0.05, 0.1) is 11.8 Å². The normalized spacial score (nSPS) is 24.8. The highest BCUT2D eigenvalue weighted by Crippen LogP contribution is 2.32. The molecule has 0 bridgehead atoms. The zero-order chi connectivity index (χ0) is 12.1. The van der Waals surface area contributed by atoms with Gasteiger partial charge in [-0.25, -0.2) is 0 Å². The molecule has 1 fully saturated rings. The summed E-state index contributed by atoms with van der Waals surface area (Å²) in [6.45, 7) is 0. The van der Waals surface area contributed by atoms with Gasteiger partial charge in [-0.05, 0) is 24.8 Å². The van der Waals surface area contributed by atoms with Gasteiger partial charge in [0.1, 0.15) is 0 Å². The van der Waals surface area contributed by atoms with E-state index in [0.29, 0.717) is 0 Å². The first-order valence-corrected chi connectivity index (χ1v) is 6.02. The fourth-order valence-electron chi connectivity index (χ4n) is 2.56. The molecule has 0 amide bonds. The number of rotatable bonds is 3. The highest BCUT2D eigenvalue weighted by Gasteiger charge is 2.29. The average molecular weight is 234 g/mol. The standard InChI is InChI=1S/C13H18N2O2/c16-14-12-9-5-4-8-11(12)13(15-17)10-6-2-1-3-7-10/h1-3,6-7,11,13,15-17H,4-5,8-9H2/b14-12+/t11-,13+/m1/s1. The van der Waals surface area contributed by atoms with Crippen LogP contribution >= 0.6 is 0 Å². The summed E-state index contributed by atoms with van der Waals surface area (Å²) in [6, 6.07) is 9.58. The zero-order valence-electron chi connectivity index (χ0n) is 9.71. The molecule has 0 heterocycles. The van der Waals surface area contributed by atoms with Crippen LogP contribution in [0.4, 0.5) is 0 Å². The van der Waals surface area contributed by atoms with Crippen molar-refractivity contribution in [3.63, 3.8) is 0 Å². The first kappa shape index (κ1) is 12.1. The van der Waals surface area contributed by atoms with Crippen molar-refractivity contribution < 1.29 is 10.4 Å². The Morgan fingerprint density at radius 1 is 1.24 bits per heavy atom. The first-order valence-electron chi connectivity index (χ1n) is 6.02. The minimum Gasteiger partial charge on any atom is -0.411 e. The quantitative estimate of drug-likeness (QED) is 0.556. The minimum absolute atomic E-state index is 0.0705. The molecule has 17 heavy (non-hydrogen) atoms. The summed E-state index contributed by atoms with van der Waals surface area (Å²) in [7, 11) is 0. The van der Waals surface area contributed by atoms with E-state index in [0.717, 1.165) is 37.0 Å². The topological polar surface area (TPSA) is 64.9 Å². The lowest BCUT2D eigenvalue weighted by molar-refractivity contribution is 0.105. The van der Waals surface area contributed by atoms with Gasteiger partial charge in [0, 0.05) is 5.92 Å². The third-order valence-corrected chi connectivity index (χ3v) is 3.45. The molecule has 1 aromatic carbocycles. The van der Waals surface area contributed by atoms with Crippen LogP contribution in [0.3, 0.4) is 0 Å². The third-order valence-electron chi connectivity index (χ3n) is 3.45. The summed E-state index contributed by atoms with van der Waals surface area (Å²) in [6.07, 6.45) is 3.91. The summed E-state index contributed by atoms with van der Waals surface area (Å²) < 4.78 is 0. The number of oxime groups is 1. The smallest absolute Gasteiger partial charge is 0.0650 e. The molecule has 0 radical (unpaired) electrons. The number of hydrogen-bond donors (Lipinski definition) is 3. The Kier molecular flexibility index (Phi) is 4.12. The number of nitrogens with zero attached hydrogens (tertiary/aromatic N) is 1. The lowest BCUT2D eigenvalue weighted by Crippen LogP contribution is -2.33. The zero-order valence-corrected chi connectivity index (χ0v) is 9.71. The van der Waals surface area contributed by atoms with Gasteiger partial charge in [0.2, 0.25) is 0 Å². The molecule has 92 valence electrons. The van der Waals surface area contributed by atoms with E-state index in [1.54, 1.807) is 0 Å². The number of nitrogens with one attached hydrogen (secondary N) is 1. The van der Waals surface area contributed by atoms with Crippen molar-refractivity contribution in [1.29, 1.82) is 0 Å². The molecule has 0 aliphatic heterocycles. The van der Waals surface area contributed by atoms with Gasteiger partial charge in [-0.2, -0.15) is 5.48 Å². The van der Waals surface area contributed by atoms with E-state index in [4.69, 9.17) is 5.21 Å². The van der Waals surface area contributed by atoms with E-state index in [2.05, 4.69) is 10.6 Å². The van der Waals surface area contributed by atoms with Crippen LogP contribution in [-0.4, -0.2) is 16.1 Å². The Hall–Kier alpha value is -1.39. The monoisotopic (exact) mass is 234 g/mol. The predicted octanol–water partition coefficient (Wildman–Crippen LogP) is 2.73. The summed E-state index contributed by atoms with van der Waals surface area (Å²) in [5.41, 5.74) is 4.16. The molecule has 4 nitrogen and oxygen atoms in total. The van der Waals surface area contributed by atoms with Crippen molar-refractivity contribution >= 4 is 5.71 Å². The van der Waals surface area contributed by atoms with Crippen molar-refractivity contribution in [3.05, 3.63) is 35.9 Å². The molecule has 1 aliphatic carbocycles. The largest absolute Gasteiger partial charge is 0.411 e. The maximum Gasteiger partial charge on any atom is 0.0650 e. The van der Waals surface area contributed by atoms with Crippen LogP contribution in [0.15, 0.2) is 35.5 Å². The minimum atomic E-state index is -0.192. The molecule has 1 aromatic rings. The van der Waals surface area contributed by atoms with Crippen LogP contribution in [0, 0.1) is 5.92 Å². The van der Waals surface area contributed by atoms with Gasteiger partial charge >= 0.3 is 0 Å². The molecular weight excluding hydrogens is 216 g/mol. The van der Waals surface area contributed by atoms with E-state index in [1.807, 2.05) is 30.3 Å². The first-order chi connectivity index (χ1) is 8.36. The molecule has 2 rings (SSSR count). The summed E-state index contributed by atoms with van der Waals surface area (Å²) >= 11 is 0. The van der Waals surface area contributed by atoms with Crippen molar-refractivity contribution in [2.75, 3.05) is 0 Å². The van der Waals surface area contributed by atoms with Crippen LogP contribution in [0.5, 0.6) is 0 Å². The highest BCUT2D eigenvalue weighted by atomic mass is 16.5. The van der Waals surface area contributed by atoms with Gasteiger partial charge in [-0.1, -0.05) is 41.9 Å². The van der Waals surface area contributed by atoms with E-state index < -0.39 is 0 Å². The van der Waals surface area contributed by atoms with Crippen LogP contribution in [-0.2, 0) is 0 Å². The Bertz CT molecular complexity index is 378. The number of benzene rings is 1. The fraction of sp³-hybridized carbons (Fsp3) is 0.462. The van der Waals surface area contributed by atoms with Crippen LogP contribution in [0.1, 0.15) is 37.3 Å². The molecule has 2 atom stereocenters. The number of hydrogen-bond acceptors (Lipinski definition) is 4. The van der Waals surface area contributed by atoms with Crippen LogP contribution in [0.25, 0.3) is 0 Å². The molecule has 0 aromatic heterocycles. The second-order valence-electron chi connectivity index (χ2n) is 4.46. The average Bonchev–Trinajstić information content (AvgIpc) is 2.41. The lowest BCUT2D eigenvalue weighted by Gasteiger charge is -2.30. The van der Waals surface area contributed by atoms with Crippen LogP contribution in [0.2, 0.25) is 0 Å². The molecule has 0 saturated heterocycles. The van der Waals surface area contributed by atoms with E-state index in [9.17, 15) is 5.21 Å². The second kappa shape index (κ2) is 5.80. The van der Waals surface area contributed by atoms with Crippen molar-refractivity contribution in [1.82, 2.24) is 5.48 Å². The Morgan fingerprint density at radius 2 is 2.00 bits per heavy atom. The maximum absolute atomic E-state index is 9.36. The Labute approximate surface area is 101 Å². The van der Waals surface area contributed by atoms with Crippen molar-refractivity contribution in [3.8, 4) is 0 Å². The molecule has 0 spiro atoms. The third kappa shape index (κ3) is 2.65. The molecule has 0 unspecified atom stereocenters. The van der Waals surface area contributed by atoms with Gasteiger partial charge in [0.15, 0.2) is 0 Å². The van der Waals surface area contributed by atoms with Gasteiger partial charge in [0.25, 0.3) is 0 Å². The summed E-state index contributed by atoms with van der Waals surface area (Å²) in [5.74, 6) is 0.0705. The molecule has 1 aliphatic rings. The molecular formula is C13H18N2O2. The SMILES string of the molecule is O/N=C1\CCCC[C@H]1[C@@H](NO)c1ccccc1. The van der Waals surface area contributed by atoms with Gasteiger partial charge in [-0.15, -0.1) is 0 Å². The van der Waals surface area contributed by atoms with Crippen molar-refractivity contribution in [2.24, 2.45) is 11.1 Å². The number of hydroxylamine groups is 1. The van der Waals surface area contributed by atoms with Gasteiger partial charge in [-0.3, -0.25) is 0 Å². The van der Waals surface area contributed by atoms with E-state index in [1.165, 1.54) is 0 Å². The summed E-state index contributed by atoms with van der Waals surface area (Å²) in [5, 5.41) is 21.8. The van der Waals surface area contributed by atoms with Gasteiger partial charge < -0.3 is 10.4 Å². The van der Waals surface area contributed by atoms with E-state index in [-0.39, 0.29) is 12.0 Å². The fourth-order valence-corrected chi connectivity index (χ4v) is 2.56. The molecule has 1 saturated carbocycles. The molecule has 3 N–H and O–H groups in total.